The second-order valence-corrected chi connectivity index (χ2v) is 4.77. The molecule has 4 nitrogen and oxygen atoms in total. The number of hydrogen-bond acceptors (Lipinski definition) is 4. The second kappa shape index (κ2) is 4.29. The zero-order chi connectivity index (χ0) is 11.6. The Morgan fingerprint density at radius 3 is 2.69 bits per heavy atom. The molecule has 0 aliphatic heterocycles. The lowest BCUT2D eigenvalue weighted by Gasteiger charge is -2.47. The third-order valence-corrected chi connectivity index (χ3v) is 3.60. The number of anilines is 2. The van der Waals surface area contributed by atoms with Gasteiger partial charge in [-0.2, -0.15) is 0 Å². The van der Waals surface area contributed by atoms with Crippen molar-refractivity contribution >= 4 is 11.6 Å². The summed E-state index contributed by atoms with van der Waals surface area (Å²) >= 11 is 0. The predicted molar refractivity (Wildman–Crippen MR) is 67.4 cm³/mol. The first-order chi connectivity index (χ1) is 7.62. The first-order valence-electron chi connectivity index (χ1n) is 5.76. The maximum absolute atomic E-state index is 5.64. The van der Waals surface area contributed by atoms with Crippen molar-refractivity contribution in [1.82, 2.24) is 9.88 Å². The molecule has 16 heavy (non-hydrogen) atoms. The molecule has 0 radical (unpaired) electrons. The molecule has 1 saturated carbocycles. The average Bonchev–Trinajstić information content (AvgIpc) is 2.15. The predicted octanol–water partition coefficient (Wildman–Crippen LogP) is 1.56. The van der Waals surface area contributed by atoms with Gasteiger partial charge in [-0.15, -0.1) is 0 Å². The molecule has 1 aliphatic carbocycles. The molecular formula is C12H20N4. The Bertz CT molecular complexity index is 358. The van der Waals surface area contributed by atoms with Gasteiger partial charge in [-0.05, 0) is 45.5 Å². The molecule has 1 fully saturated rings. The van der Waals surface area contributed by atoms with Crippen molar-refractivity contribution in [3.8, 4) is 0 Å². The van der Waals surface area contributed by atoms with E-state index in [4.69, 9.17) is 5.73 Å². The molecule has 2 rings (SSSR count). The molecule has 1 heterocycles. The SMILES string of the molecule is CN(C)C1(CNc2cccc(N)n2)CCC1. The van der Waals surface area contributed by atoms with Crippen molar-refractivity contribution < 1.29 is 0 Å². The summed E-state index contributed by atoms with van der Waals surface area (Å²) in [5.74, 6) is 1.44. The molecule has 4 heteroatoms. The highest BCUT2D eigenvalue weighted by molar-refractivity contribution is 5.42. The maximum atomic E-state index is 5.64. The summed E-state index contributed by atoms with van der Waals surface area (Å²) < 4.78 is 0. The summed E-state index contributed by atoms with van der Waals surface area (Å²) in [6.45, 7) is 0.941. The summed E-state index contributed by atoms with van der Waals surface area (Å²) in [6, 6.07) is 5.68. The number of nitrogen functional groups attached to an aromatic ring is 1. The Balaban J connectivity index is 1.96. The fourth-order valence-electron chi connectivity index (χ4n) is 2.17. The molecular weight excluding hydrogens is 200 g/mol. The summed E-state index contributed by atoms with van der Waals surface area (Å²) in [4.78, 5) is 6.56. The van der Waals surface area contributed by atoms with Crippen LogP contribution in [-0.4, -0.2) is 36.1 Å². The highest BCUT2D eigenvalue weighted by Crippen LogP contribution is 2.36. The molecule has 1 aliphatic rings. The number of rotatable bonds is 4. The van der Waals surface area contributed by atoms with E-state index < -0.39 is 0 Å². The van der Waals surface area contributed by atoms with Crippen molar-refractivity contribution in [3.05, 3.63) is 18.2 Å². The lowest BCUT2D eigenvalue weighted by molar-refractivity contribution is 0.0738. The lowest BCUT2D eigenvalue weighted by Crippen LogP contribution is -2.54. The van der Waals surface area contributed by atoms with E-state index in [2.05, 4.69) is 29.3 Å². The molecule has 0 spiro atoms. The Morgan fingerprint density at radius 2 is 2.19 bits per heavy atom. The third kappa shape index (κ3) is 2.11. The Morgan fingerprint density at radius 1 is 1.44 bits per heavy atom. The van der Waals surface area contributed by atoms with Crippen LogP contribution in [0.5, 0.6) is 0 Å². The van der Waals surface area contributed by atoms with Crippen molar-refractivity contribution in [1.29, 1.82) is 0 Å². The van der Waals surface area contributed by atoms with Gasteiger partial charge >= 0.3 is 0 Å². The van der Waals surface area contributed by atoms with Crippen LogP contribution < -0.4 is 11.1 Å². The largest absolute Gasteiger partial charge is 0.384 e. The van der Waals surface area contributed by atoms with Gasteiger partial charge in [-0.3, -0.25) is 0 Å². The fraction of sp³-hybridized carbons (Fsp3) is 0.583. The van der Waals surface area contributed by atoms with E-state index in [1.807, 2.05) is 12.1 Å². The highest BCUT2D eigenvalue weighted by Gasteiger charge is 2.38. The smallest absolute Gasteiger partial charge is 0.128 e. The van der Waals surface area contributed by atoms with Gasteiger partial charge < -0.3 is 16.0 Å². The van der Waals surface area contributed by atoms with Gasteiger partial charge in [0.05, 0.1) is 0 Å². The van der Waals surface area contributed by atoms with E-state index in [0.29, 0.717) is 11.4 Å². The topological polar surface area (TPSA) is 54.2 Å². The summed E-state index contributed by atoms with van der Waals surface area (Å²) in [6.07, 6.45) is 3.84. The van der Waals surface area contributed by atoms with Crippen LogP contribution in [0.25, 0.3) is 0 Å². The Labute approximate surface area is 96.8 Å². The van der Waals surface area contributed by atoms with Gasteiger partial charge in [0, 0.05) is 12.1 Å². The minimum absolute atomic E-state index is 0.312. The van der Waals surface area contributed by atoms with Crippen LogP contribution in [0, 0.1) is 0 Å². The van der Waals surface area contributed by atoms with Crippen molar-refractivity contribution in [2.24, 2.45) is 0 Å². The Hall–Kier alpha value is -1.29. The van der Waals surface area contributed by atoms with Crippen LogP contribution in [0.4, 0.5) is 11.6 Å². The minimum Gasteiger partial charge on any atom is -0.384 e. The quantitative estimate of drug-likeness (QED) is 0.808. The molecule has 0 atom stereocenters. The van der Waals surface area contributed by atoms with E-state index in [0.717, 1.165) is 12.4 Å². The Kier molecular flexibility index (Phi) is 3.01. The molecule has 0 aromatic carbocycles. The van der Waals surface area contributed by atoms with Crippen LogP contribution in [0.1, 0.15) is 19.3 Å². The highest BCUT2D eigenvalue weighted by atomic mass is 15.2. The molecule has 0 unspecified atom stereocenters. The van der Waals surface area contributed by atoms with E-state index >= 15 is 0 Å². The monoisotopic (exact) mass is 220 g/mol. The third-order valence-electron chi connectivity index (χ3n) is 3.60. The normalized spacial score (nSPS) is 18.2. The molecule has 1 aromatic heterocycles. The molecule has 3 N–H and O–H groups in total. The van der Waals surface area contributed by atoms with Crippen LogP contribution in [0.15, 0.2) is 18.2 Å². The van der Waals surface area contributed by atoms with Crippen molar-refractivity contribution in [2.75, 3.05) is 31.7 Å². The van der Waals surface area contributed by atoms with Gasteiger partial charge in [0.2, 0.25) is 0 Å². The van der Waals surface area contributed by atoms with Gasteiger partial charge in [0.15, 0.2) is 0 Å². The summed E-state index contributed by atoms with van der Waals surface area (Å²) in [7, 11) is 4.29. The second-order valence-electron chi connectivity index (χ2n) is 4.77. The number of hydrogen-bond donors (Lipinski definition) is 2. The van der Waals surface area contributed by atoms with E-state index in [-0.39, 0.29) is 0 Å². The lowest BCUT2D eigenvalue weighted by atomic mass is 9.75. The number of nitrogens with one attached hydrogen (secondary N) is 1. The van der Waals surface area contributed by atoms with E-state index in [1.165, 1.54) is 19.3 Å². The first kappa shape index (κ1) is 11.2. The van der Waals surface area contributed by atoms with E-state index in [9.17, 15) is 0 Å². The zero-order valence-electron chi connectivity index (χ0n) is 10.0. The van der Waals surface area contributed by atoms with Crippen molar-refractivity contribution in [2.45, 2.75) is 24.8 Å². The average molecular weight is 220 g/mol. The summed E-state index contributed by atoms with van der Waals surface area (Å²) in [5, 5.41) is 3.38. The number of aromatic nitrogens is 1. The van der Waals surface area contributed by atoms with E-state index in [1.54, 1.807) is 6.07 Å². The van der Waals surface area contributed by atoms with Crippen LogP contribution >= 0.6 is 0 Å². The molecule has 0 bridgehead atoms. The van der Waals surface area contributed by atoms with Crippen molar-refractivity contribution in [3.63, 3.8) is 0 Å². The minimum atomic E-state index is 0.312. The standard InChI is InChI=1S/C12H20N4/c1-16(2)12(7-4-8-12)9-14-11-6-3-5-10(13)15-11/h3,5-6H,4,7-9H2,1-2H3,(H3,13,14,15). The number of nitrogens with two attached hydrogens (primary N) is 1. The zero-order valence-corrected chi connectivity index (χ0v) is 10.0. The molecule has 0 amide bonds. The van der Waals surface area contributed by atoms with Gasteiger partial charge in [-0.1, -0.05) is 6.07 Å². The van der Waals surface area contributed by atoms with Gasteiger partial charge in [0.1, 0.15) is 11.6 Å². The number of pyridine rings is 1. The summed E-state index contributed by atoms with van der Waals surface area (Å²) in [5.41, 5.74) is 5.95. The van der Waals surface area contributed by atoms with Gasteiger partial charge in [0.25, 0.3) is 0 Å². The molecule has 0 saturated heterocycles. The fourth-order valence-corrected chi connectivity index (χ4v) is 2.17. The first-order valence-corrected chi connectivity index (χ1v) is 5.76. The number of nitrogens with zero attached hydrogens (tertiary/aromatic N) is 2. The van der Waals surface area contributed by atoms with Gasteiger partial charge in [-0.25, -0.2) is 4.98 Å². The number of likely N-dealkylation sites (N-methyl/N-ethyl adjacent to an activating group) is 1. The van der Waals surface area contributed by atoms with Crippen LogP contribution in [-0.2, 0) is 0 Å². The molecule has 88 valence electrons. The van der Waals surface area contributed by atoms with Crippen LogP contribution in [0.2, 0.25) is 0 Å². The molecule has 1 aromatic rings. The maximum Gasteiger partial charge on any atom is 0.128 e. The van der Waals surface area contributed by atoms with Crippen LogP contribution in [0.3, 0.4) is 0 Å².